The normalized spacial score (nSPS) is 20.8. The zero-order chi connectivity index (χ0) is 14.9. The lowest BCUT2D eigenvalue weighted by Crippen LogP contribution is -2.52. The number of carboxylic acid groups (broad SMARTS) is 1. The average molecular weight is 307 g/mol. The van der Waals surface area contributed by atoms with E-state index in [1.54, 1.807) is 0 Å². The van der Waals surface area contributed by atoms with Gasteiger partial charge in [0.1, 0.15) is 6.04 Å². The molecule has 0 aliphatic carbocycles. The summed E-state index contributed by atoms with van der Waals surface area (Å²) < 4.78 is 56.2. The number of carboxylic acids is 1. The van der Waals surface area contributed by atoms with Crippen molar-refractivity contribution in [3.05, 3.63) is 29.8 Å². The minimum absolute atomic E-state index is 0.0344. The average Bonchev–Trinajstić information content (AvgIpc) is 2.41. The number of halogens is 2. The molecule has 0 radical (unpaired) electrons. The molecule has 1 heterocycles. The molecule has 1 N–H and O–H groups in total. The third-order valence-electron chi connectivity index (χ3n) is 2.86. The van der Waals surface area contributed by atoms with Crippen LogP contribution in [0.3, 0.4) is 0 Å². The predicted octanol–water partition coefficient (Wildman–Crippen LogP) is 0.439. The smallest absolute Gasteiger partial charge is 0.324 e. The fourth-order valence-corrected chi connectivity index (χ4v) is 3.41. The molecule has 20 heavy (non-hydrogen) atoms. The molecule has 1 fully saturated rings. The highest BCUT2D eigenvalue weighted by atomic mass is 32.2. The van der Waals surface area contributed by atoms with Gasteiger partial charge >= 0.3 is 5.97 Å². The Morgan fingerprint density at radius 2 is 2.05 bits per heavy atom. The number of carbonyl (C=O) groups is 1. The SMILES string of the molecule is O=C(O)C1COCCN1S(=O)(=O)c1ccc(F)c(F)c1. The van der Waals surface area contributed by atoms with E-state index in [-0.39, 0.29) is 19.8 Å². The quantitative estimate of drug-likeness (QED) is 0.876. The Morgan fingerprint density at radius 3 is 2.65 bits per heavy atom. The number of rotatable bonds is 3. The Kier molecular flexibility index (Phi) is 4.02. The third kappa shape index (κ3) is 2.65. The van der Waals surface area contributed by atoms with Crippen LogP contribution in [-0.2, 0) is 19.6 Å². The van der Waals surface area contributed by atoms with E-state index >= 15 is 0 Å². The minimum Gasteiger partial charge on any atom is -0.480 e. The van der Waals surface area contributed by atoms with Crippen LogP contribution in [0.25, 0.3) is 0 Å². The molecule has 1 aliphatic heterocycles. The number of nitrogens with zero attached hydrogens (tertiary/aromatic N) is 1. The molecule has 2 rings (SSSR count). The van der Waals surface area contributed by atoms with Crippen molar-refractivity contribution in [1.82, 2.24) is 4.31 Å². The van der Waals surface area contributed by atoms with E-state index in [1.807, 2.05) is 0 Å². The molecule has 110 valence electrons. The molecule has 0 amide bonds. The van der Waals surface area contributed by atoms with Gasteiger partial charge in [0.25, 0.3) is 0 Å². The summed E-state index contributed by atoms with van der Waals surface area (Å²) in [5.74, 6) is -3.86. The van der Waals surface area contributed by atoms with Crippen LogP contribution in [-0.4, -0.2) is 49.6 Å². The van der Waals surface area contributed by atoms with Crippen LogP contribution in [0.4, 0.5) is 8.78 Å². The zero-order valence-corrected chi connectivity index (χ0v) is 10.9. The Bertz CT molecular complexity index is 634. The summed E-state index contributed by atoms with van der Waals surface area (Å²) in [6.45, 7) is -0.427. The first kappa shape index (κ1) is 14.8. The van der Waals surface area contributed by atoms with E-state index in [2.05, 4.69) is 0 Å². The van der Waals surface area contributed by atoms with Crippen LogP contribution in [0.2, 0.25) is 0 Å². The molecular formula is C11H11F2NO5S. The number of ether oxygens (including phenoxy) is 1. The van der Waals surface area contributed by atoms with Gasteiger partial charge in [0.2, 0.25) is 10.0 Å². The van der Waals surface area contributed by atoms with E-state index in [0.29, 0.717) is 16.4 Å². The molecule has 1 saturated heterocycles. The first-order valence-corrected chi connectivity index (χ1v) is 7.05. The number of hydrogen-bond donors (Lipinski definition) is 1. The molecule has 0 saturated carbocycles. The summed E-state index contributed by atoms with van der Waals surface area (Å²) in [5.41, 5.74) is 0. The van der Waals surface area contributed by atoms with Gasteiger partial charge in [0.15, 0.2) is 11.6 Å². The predicted molar refractivity (Wildman–Crippen MR) is 62.5 cm³/mol. The monoisotopic (exact) mass is 307 g/mol. The second-order valence-corrected chi connectivity index (χ2v) is 6.01. The number of morpholine rings is 1. The molecule has 1 aromatic carbocycles. The summed E-state index contributed by atoms with van der Waals surface area (Å²) in [6, 6.07) is 0.710. The third-order valence-corrected chi connectivity index (χ3v) is 4.77. The van der Waals surface area contributed by atoms with Gasteiger partial charge in [0.05, 0.1) is 18.1 Å². The van der Waals surface area contributed by atoms with Crippen molar-refractivity contribution >= 4 is 16.0 Å². The van der Waals surface area contributed by atoms with Crippen molar-refractivity contribution in [3.8, 4) is 0 Å². The highest BCUT2D eigenvalue weighted by molar-refractivity contribution is 7.89. The number of benzene rings is 1. The summed E-state index contributed by atoms with van der Waals surface area (Å²) >= 11 is 0. The van der Waals surface area contributed by atoms with Crippen LogP contribution >= 0.6 is 0 Å². The molecule has 0 aromatic heterocycles. The first-order valence-electron chi connectivity index (χ1n) is 5.61. The van der Waals surface area contributed by atoms with Gasteiger partial charge < -0.3 is 9.84 Å². The molecule has 1 aliphatic rings. The maximum Gasteiger partial charge on any atom is 0.324 e. The highest BCUT2D eigenvalue weighted by Gasteiger charge is 2.38. The summed E-state index contributed by atoms with van der Waals surface area (Å²) in [5, 5.41) is 9.00. The fraction of sp³-hybridized carbons (Fsp3) is 0.364. The van der Waals surface area contributed by atoms with Crippen molar-refractivity contribution in [2.75, 3.05) is 19.8 Å². The summed E-state index contributed by atoms with van der Waals surface area (Å²) in [7, 11) is -4.23. The van der Waals surface area contributed by atoms with Crippen molar-refractivity contribution < 1.29 is 31.8 Å². The lowest BCUT2D eigenvalue weighted by atomic mass is 10.3. The van der Waals surface area contributed by atoms with Crippen molar-refractivity contribution in [1.29, 1.82) is 0 Å². The summed E-state index contributed by atoms with van der Waals surface area (Å²) in [4.78, 5) is 10.5. The Balaban J connectivity index is 2.42. The van der Waals surface area contributed by atoms with Gasteiger partial charge in [-0.2, -0.15) is 4.31 Å². The maximum atomic E-state index is 13.1. The number of hydrogen-bond acceptors (Lipinski definition) is 4. The largest absolute Gasteiger partial charge is 0.480 e. The fourth-order valence-electron chi connectivity index (χ4n) is 1.84. The maximum absolute atomic E-state index is 13.1. The van der Waals surface area contributed by atoms with E-state index < -0.39 is 38.6 Å². The Morgan fingerprint density at radius 1 is 1.35 bits per heavy atom. The Labute approximate surface area is 113 Å². The van der Waals surface area contributed by atoms with Gasteiger partial charge in [-0.05, 0) is 18.2 Å². The number of aliphatic carboxylic acids is 1. The van der Waals surface area contributed by atoms with Gasteiger partial charge in [-0.15, -0.1) is 0 Å². The second kappa shape index (κ2) is 5.43. The van der Waals surface area contributed by atoms with E-state index in [0.717, 1.165) is 6.07 Å². The van der Waals surface area contributed by atoms with Crippen molar-refractivity contribution in [2.45, 2.75) is 10.9 Å². The van der Waals surface area contributed by atoms with E-state index in [4.69, 9.17) is 9.84 Å². The molecule has 6 nitrogen and oxygen atoms in total. The minimum atomic E-state index is -4.23. The molecule has 0 bridgehead atoms. The number of sulfonamides is 1. The van der Waals surface area contributed by atoms with Crippen molar-refractivity contribution in [3.63, 3.8) is 0 Å². The topological polar surface area (TPSA) is 83.9 Å². The highest BCUT2D eigenvalue weighted by Crippen LogP contribution is 2.22. The van der Waals surface area contributed by atoms with Gasteiger partial charge in [-0.25, -0.2) is 17.2 Å². The molecule has 1 atom stereocenters. The zero-order valence-electron chi connectivity index (χ0n) is 10.1. The molecule has 9 heteroatoms. The van der Waals surface area contributed by atoms with Crippen LogP contribution < -0.4 is 0 Å². The van der Waals surface area contributed by atoms with Gasteiger partial charge in [-0.3, -0.25) is 4.79 Å². The second-order valence-electron chi connectivity index (χ2n) is 4.12. The molecule has 1 unspecified atom stereocenters. The van der Waals surface area contributed by atoms with E-state index in [1.165, 1.54) is 0 Å². The van der Waals surface area contributed by atoms with Crippen LogP contribution in [0.1, 0.15) is 0 Å². The standard InChI is InChI=1S/C11H11F2NO5S/c12-8-2-1-7(5-9(8)13)20(17,18)14-3-4-19-6-10(14)11(15)16/h1-2,5,10H,3-4,6H2,(H,15,16). The molecular weight excluding hydrogens is 296 g/mol. The first-order chi connectivity index (χ1) is 9.34. The lowest BCUT2D eigenvalue weighted by molar-refractivity contribution is -0.146. The van der Waals surface area contributed by atoms with Gasteiger partial charge in [0, 0.05) is 6.54 Å². The van der Waals surface area contributed by atoms with Crippen molar-refractivity contribution in [2.24, 2.45) is 0 Å². The molecule has 1 aromatic rings. The summed E-state index contributed by atoms with van der Waals surface area (Å²) in [6.07, 6.45) is 0. The van der Waals surface area contributed by atoms with Crippen LogP contribution in [0.15, 0.2) is 23.1 Å². The van der Waals surface area contributed by atoms with Crippen LogP contribution in [0, 0.1) is 11.6 Å². The lowest BCUT2D eigenvalue weighted by Gasteiger charge is -2.31. The molecule has 0 spiro atoms. The van der Waals surface area contributed by atoms with Crippen LogP contribution in [0.5, 0.6) is 0 Å². The Hall–Kier alpha value is -1.58. The van der Waals surface area contributed by atoms with Gasteiger partial charge in [-0.1, -0.05) is 0 Å². The van der Waals surface area contributed by atoms with E-state index in [9.17, 15) is 22.0 Å².